The lowest BCUT2D eigenvalue weighted by molar-refractivity contribution is -0.119. The number of carbonyl (C=O) groups excluding carboxylic acids is 1. The second-order valence-electron chi connectivity index (χ2n) is 8.20. The molecule has 0 fully saturated rings. The zero-order valence-corrected chi connectivity index (χ0v) is 19.1. The molecule has 3 heterocycles. The molecular formula is C26H24N6O2. The van der Waals surface area contributed by atoms with Crippen molar-refractivity contribution in [3.8, 4) is 11.5 Å². The third kappa shape index (κ3) is 3.59. The fraction of sp³-hybridized carbons (Fsp3) is 0.154. The average Bonchev–Trinajstić information content (AvgIpc) is 3.51. The van der Waals surface area contributed by atoms with Gasteiger partial charge in [-0.15, -0.1) is 0 Å². The van der Waals surface area contributed by atoms with Gasteiger partial charge in [-0.25, -0.2) is 9.36 Å². The Morgan fingerprint density at radius 1 is 0.912 bits per heavy atom. The summed E-state index contributed by atoms with van der Waals surface area (Å²) in [6, 6.07) is 20.1. The van der Waals surface area contributed by atoms with Gasteiger partial charge in [0, 0.05) is 18.1 Å². The normalized spacial score (nSPS) is 12.1. The smallest absolute Gasteiger partial charge is 0.280 e. The van der Waals surface area contributed by atoms with Crippen LogP contribution in [0.1, 0.15) is 24.2 Å². The lowest BCUT2D eigenvalue weighted by Crippen LogP contribution is -2.34. The van der Waals surface area contributed by atoms with Crippen molar-refractivity contribution in [3.63, 3.8) is 0 Å². The molecule has 8 heteroatoms. The number of hydrogen-bond acceptors (Lipinski definition) is 4. The van der Waals surface area contributed by atoms with Crippen molar-refractivity contribution in [2.45, 2.75) is 26.8 Å². The van der Waals surface area contributed by atoms with Crippen molar-refractivity contribution in [2.75, 3.05) is 5.32 Å². The van der Waals surface area contributed by atoms with Crippen molar-refractivity contribution in [1.82, 2.24) is 24.1 Å². The van der Waals surface area contributed by atoms with Crippen molar-refractivity contribution < 1.29 is 4.79 Å². The molecule has 0 aliphatic carbocycles. The Hall–Kier alpha value is -4.46. The molecule has 0 radical (unpaired) electrons. The van der Waals surface area contributed by atoms with Gasteiger partial charge in [0.1, 0.15) is 16.9 Å². The fourth-order valence-electron chi connectivity index (χ4n) is 4.02. The van der Waals surface area contributed by atoms with Crippen LogP contribution in [0.25, 0.3) is 22.4 Å². The molecule has 34 heavy (non-hydrogen) atoms. The number of para-hydroxylation sites is 2. The van der Waals surface area contributed by atoms with Crippen molar-refractivity contribution in [1.29, 1.82) is 0 Å². The zero-order valence-electron chi connectivity index (χ0n) is 19.1. The average molecular weight is 453 g/mol. The highest BCUT2D eigenvalue weighted by molar-refractivity contribution is 5.94. The molecule has 0 spiro atoms. The fourth-order valence-corrected chi connectivity index (χ4v) is 4.02. The van der Waals surface area contributed by atoms with E-state index in [9.17, 15) is 9.59 Å². The van der Waals surface area contributed by atoms with Gasteiger partial charge in [0.15, 0.2) is 5.82 Å². The van der Waals surface area contributed by atoms with E-state index in [0.29, 0.717) is 28.1 Å². The summed E-state index contributed by atoms with van der Waals surface area (Å²) in [5.41, 5.74) is 3.15. The maximum Gasteiger partial charge on any atom is 0.280 e. The molecule has 1 amide bonds. The summed E-state index contributed by atoms with van der Waals surface area (Å²) in [5.74, 6) is 0.280. The van der Waals surface area contributed by atoms with Gasteiger partial charge in [-0.2, -0.15) is 10.2 Å². The van der Waals surface area contributed by atoms with E-state index in [1.165, 1.54) is 4.68 Å². The van der Waals surface area contributed by atoms with Crippen LogP contribution in [-0.4, -0.2) is 30.0 Å². The van der Waals surface area contributed by atoms with Gasteiger partial charge in [-0.1, -0.05) is 36.4 Å². The van der Waals surface area contributed by atoms with Crippen LogP contribution in [-0.2, 0) is 4.79 Å². The number of fused-ring (bicyclic) bond motifs is 1. The predicted molar refractivity (Wildman–Crippen MR) is 132 cm³/mol. The molecule has 0 saturated carbocycles. The summed E-state index contributed by atoms with van der Waals surface area (Å²) in [6.45, 7) is 5.39. The van der Waals surface area contributed by atoms with Crippen molar-refractivity contribution in [3.05, 3.63) is 101 Å². The highest BCUT2D eigenvalue weighted by atomic mass is 16.2. The van der Waals surface area contributed by atoms with Gasteiger partial charge >= 0.3 is 0 Å². The van der Waals surface area contributed by atoms with Gasteiger partial charge in [0.25, 0.3) is 5.56 Å². The number of nitrogens with zero attached hydrogens (tertiary/aromatic N) is 5. The van der Waals surface area contributed by atoms with Crippen LogP contribution in [0.4, 0.5) is 5.69 Å². The molecule has 1 N–H and O–H groups in total. The number of rotatable bonds is 5. The minimum Gasteiger partial charge on any atom is -0.324 e. The van der Waals surface area contributed by atoms with E-state index in [2.05, 4.69) is 10.4 Å². The van der Waals surface area contributed by atoms with Gasteiger partial charge in [0.05, 0.1) is 11.4 Å². The standard InChI is InChI=1S/C26H24N6O2/c1-17-11-7-8-14-21(17)27-24(33)19(3)31-26(34)22-23(18(2)28-31)29-32(20-12-5-4-6-13-20)25(22)30-15-9-10-16-30/h4-16,19H,1-3H3,(H,27,33). The number of hydrogen-bond donors (Lipinski definition) is 1. The molecule has 5 aromatic rings. The predicted octanol–water partition coefficient (Wildman–Crippen LogP) is 4.19. The molecule has 0 saturated heterocycles. The highest BCUT2D eigenvalue weighted by Gasteiger charge is 2.25. The van der Waals surface area contributed by atoms with Crippen molar-refractivity contribution >= 4 is 22.5 Å². The van der Waals surface area contributed by atoms with E-state index in [4.69, 9.17) is 5.10 Å². The lowest BCUT2D eigenvalue weighted by Gasteiger charge is -2.16. The Balaban J connectivity index is 1.68. The van der Waals surface area contributed by atoms with E-state index in [-0.39, 0.29) is 11.5 Å². The first kappa shape index (κ1) is 21.4. The number of aromatic nitrogens is 5. The second kappa shape index (κ2) is 8.47. The SMILES string of the molecule is Cc1ccccc1NC(=O)C(C)n1nc(C)c2nn(-c3ccccc3)c(-n3cccc3)c2c1=O. The van der Waals surface area contributed by atoms with E-state index < -0.39 is 6.04 Å². The molecule has 5 rings (SSSR count). The van der Waals surface area contributed by atoms with Crippen LogP contribution in [0.5, 0.6) is 0 Å². The third-order valence-electron chi connectivity index (χ3n) is 5.88. The summed E-state index contributed by atoms with van der Waals surface area (Å²) in [6.07, 6.45) is 3.73. The number of carbonyl (C=O) groups is 1. The zero-order chi connectivity index (χ0) is 23.8. The van der Waals surface area contributed by atoms with Gasteiger partial charge in [-0.3, -0.25) is 9.59 Å². The Kier molecular flexibility index (Phi) is 5.33. The summed E-state index contributed by atoms with van der Waals surface area (Å²) in [5, 5.41) is 12.5. The Morgan fingerprint density at radius 3 is 2.29 bits per heavy atom. The quantitative estimate of drug-likeness (QED) is 0.433. The summed E-state index contributed by atoms with van der Waals surface area (Å²) < 4.78 is 4.84. The largest absolute Gasteiger partial charge is 0.324 e. The maximum atomic E-state index is 13.8. The minimum atomic E-state index is -0.826. The van der Waals surface area contributed by atoms with E-state index in [1.807, 2.05) is 90.6 Å². The van der Waals surface area contributed by atoms with Gasteiger partial charge < -0.3 is 9.88 Å². The Labute approximate surface area is 196 Å². The first-order valence-electron chi connectivity index (χ1n) is 11.0. The lowest BCUT2D eigenvalue weighted by atomic mass is 10.2. The van der Waals surface area contributed by atoms with Gasteiger partial charge in [-0.05, 0) is 56.7 Å². The van der Waals surface area contributed by atoms with Crippen LogP contribution in [0.2, 0.25) is 0 Å². The van der Waals surface area contributed by atoms with E-state index in [1.54, 1.807) is 18.5 Å². The van der Waals surface area contributed by atoms with Crippen molar-refractivity contribution in [2.24, 2.45) is 0 Å². The summed E-state index contributed by atoms with van der Waals surface area (Å²) in [4.78, 5) is 26.8. The molecule has 0 bridgehead atoms. The molecule has 8 nitrogen and oxygen atoms in total. The molecule has 1 unspecified atom stereocenters. The van der Waals surface area contributed by atoms with Crippen LogP contribution in [0.3, 0.4) is 0 Å². The molecule has 2 aromatic carbocycles. The summed E-state index contributed by atoms with van der Waals surface area (Å²) in [7, 11) is 0. The summed E-state index contributed by atoms with van der Waals surface area (Å²) >= 11 is 0. The Bertz CT molecular complexity index is 1550. The van der Waals surface area contributed by atoms with Gasteiger partial charge in [0.2, 0.25) is 5.91 Å². The Morgan fingerprint density at radius 2 is 1.59 bits per heavy atom. The van der Waals surface area contributed by atoms with Crippen LogP contribution in [0, 0.1) is 13.8 Å². The minimum absolute atomic E-state index is 0.319. The molecule has 170 valence electrons. The molecule has 1 atom stereocenters. The highest BCUT2D eigenvalue weighted by Crippen LogP contribution is 2.25. The van der Waals surface area contributed by atoms with Crippen LogP contribution < -0.4 is 10.9 Å². The molecule has 0 aliphatic heterocycles. The number of benzene rings is 2. The van der Waals surface area contributed by atoms with Crippen LogP contribution >= 0.6 is 0 Å². The monoisotopic (exact) mass is 452 g/mol. The topological polar surface area (TPSA) is 86.7 Å². The van der Waals surface area contributed by atoms with E-state index >= 15 is 0 Å². The van der Waals surface area contributed by atoms with E-state index in [0.717, 1.165) is 11.3 Å². The van der Waals surface area contributed by atoms with Crippen LogP contribution in [0.15, 0.2) is 83.9 Å². The number of amides is 1. The molecule has 0 aliphatic rings. The first-order chi connectivity index (χ1) is 16.5. The number of aryl methyl sites for hydroxylation is 2. The number of anilines is 1. The maximum absolute atomic E-state index is 13.8. The third-order valence-corrected chi connectivity index (χ3v) is 5.88. The number of nitrogens with one attached hydrogen (secondary N) is 1. The second-order valence-corrected chi connectivity index (χ2v) is 8.20. The molecule has 3 aromatic heterocycles. The first-order valence-corrected chi connectivity index (χ1v) is 11.0. The molecular weight excluding hydrogens is 428 g/mol.